The van der Waals surface area contributed by atoms with Gasteiger partial charge in [0.15, 0.2) is 0 Å². The minimum absolute atomic E-state index is 0.0811. The van der Waals surface area contributed by atoms with Gasteiger partial charge in [-0.05, 0) is 68.4 Å². The van der Waals surface area contributed by atoms with E-state index in [2.05, 4.69) is 56.9 Å². The Morgan fingerprint density at radius 2 is 1.55 bits per heavy atom. The molecule has 234 valence electrons. The highest BCUT2D eigenvalue weighted by Crippen LogP contribution is 2.32. The number of alkyl halides is 3. The molecule has 44 heavy (non-hydrogen) atoms. The van der Waals surface area contributed by atoms with Crippen LogP contribution in [-0.2, 0) is 6.54 Å². The lowest BCUT2D eigenvalue weighted by Gasteiger charge is -2.39. The number of fused-ring (bicyclic) bond motifs is 1. The van der Waals surface area contributed by atoms with Gasteiger partial charge >= 0.3 is 6.36 Å². The first-order valence-corrected chi connectivity index (χ1v) is 15.3. The van der Waals surface area contributed by atoms with Gasteiger partial charge in [0.25, 0.3) is 0 Å². The minimum atomic E-state index is -4.71. The van der Waals surface area contributed by atoms with Crippen LogP contribution in [0.1, 0.15) is 42.8 Å². The second-order valence-electron chi connectivity index (χ2n) is 11.3. The summed E-state index contributed by atoms with van der Waals surface area (Å²) in [5.41, 5.74) is 2.96. The Bertz CT molecular complexity index is 1460. The van der Waals surface area contributed by atoms with Gasteiger partial charge in [-0.2, -0.15) is 0 Å². The zero-order valence-corrected chi connectivity index (χ0v) is 25.4. The molecule has 1 atom stereocenters. The minimum Gasteiger partial charge on any atom is -0.406 e. The average molecular weight is 607 g/mol. The molecule has 1 aliphatic rings. The monoisotopic (exact) mass is 606 g/mol. The summed E-state index contributed by atoms with van der Waals surface area (Å²) in [5.74, 6) is 1.46. The van der Waals surface area contributed by atoms with Crippen LogP contribution in [0.4, 0.5) is 19.0 Å². The predicted octanol–water partition coefficient (Wildman–Crippen LogP) is 6.58. The molecule has 10 heteroatoms. The van der Waals surface area contributed by atoms with Crippen molar-refractivity contribution in [3.63, 3.8) is 0 Å². The van der Waals surface area contributed by atoms with E-state index in [0.29, 0.717) is 6.54 Å². The Morgan fingerprint density at radius 3 is 2.25 bits per heavy atom. The van der Waals surface area contributed by atoms with Crippen molar-refractivity contribution < 1.29 is 17.9 Å². The molecular weight excluding hydrogens is 565 g/mol. The number of aromatic nitrogens is 2. The van der Waals surface area contributed by atoms with Gasteiger partial charge in [0.2, 0.25) is 0 Å². The largest absolute Gasteiger partial charge is 0.573 e. The highest BCUT2D eigenvalue weighted by molar-refractivity contribution is 5.88. The van der Waals surface area contributed by atoms with Crippen LogP contribution in [0.2, 0.25) is 0 Å². The number of para-hydroxylation sites is 1. The summed E-state index contributed by atoms with van der Waals surface area (Å²) in [5, 5.41) is 4.59. The number of piperazine rings is 1. The van der Waals surface area contributed by atoms with E-state index in [0.717, 1.165) is 92.3 Å². The lowest BCUT2D eigenvalue weighted by atomic mass is 9.96. The van der Waals surface area contributed by atoms with E-state index < -0.39 is 6.36 Å². The fraction of sp³-hybridized carbons (Fsp3) is 0.412. The summed E-state index contributed by atoms with van der Waals surface area (Å²) in [7, 11) is 2.16. The molecule has 0 amide bonds. The number of hydrogen-bond acceptors (Lipinski definition) is 7. The van der Waals surface area contributed by atoms with Gasteiger partial charge in [0.1, 0.15) is 17.4 Å². The Kier molecular flexibility index (Phi) is 10.7. The maximum atomic E-state index is 12.7. The van der Waals surface area contributed by atoms with E-state index in [1.807, 2.05) is 36.4 Å². The van der Waals surface area contributed by atoms with Crippen molar-refractivity contribution >= 4 is 16.7 Å². The summed E-state index contributed by atoms with van der Waals surface area (Å²) < 4.78 is 42.3. The van der Waals surface area contributed by atoms with E-state index >= 15 is 0 Å². The van der Waals surface area contributed by atoms with E-state index in [4.69, 9.17) is 9.97 Å². The number of anilines is 1. The third-order valence-electron chi connectivity index (χ3n) is 7.95. The Balaban J connectivity index is 1.25. The number of hydrogen-bond donors (Lipinski definition) is 1. The molecule has 3 aromatic carbocycles. The number of rotatable bonds is 13. The number of benzene rings is 3. The van der Waals surface area contributed by atoms with Crippen LogP contribution in [0.15, 0.2) is 78.9 Å². The third kappa shape index (κ3) is 8.68. The quantitative estimate of drug-likeness (QED) is 0.173. The van der Waals surface area contributed by atoms with Crippen LogP contribution < -0.4 is 10.1 Å². The molecule has 1 saturated heterocycles. The Morgan fingerprint density at radius 1 is 0.864 bits per heavy atom. The van der Waals surface area contributed by atoms with Crippen LogP contribution in [0.5, 0.6) is 5.75 Å². The first-order valence-electron chi connectivity index (χ1n) is 15.3. The second-order valence-corrected chi connectivity index (χ2v) is 11.3. The third-order valence-corrected chi connectivity index (χ3v) is 7.95. The van der Waals surface area contributed by atoms with Crippen LogP contribution in [0, 0.1) is 0 Å². The molecule has 1 unspecified atom stereocenters. The summed E-state index contributed by atoms with van der Waals surface area (Å²) in [6, 6.07) is 24.4. The lowest BCUT2D eigenvalue weighted by molar-refractivity contribution is -0.274. The molecule has 1 aromatic heterocycles. The van der Waals surface area contributed by atoms with Crippen LogP contribution in [-0.4, -0.2) is 83.9 Å². The fourth-order valence-corrected chi connectivity index (χ4v) is 5.86. The molecule has 0 radical (unpaired) electrons. The summed E-state index contributed by atoms with van der Waals surface area (Å²) in [6.07, 6.45) is -2.53. The maximum Gasteiger partial charge on any atom is 0.573 e. The number of nitrogens with zero attached hydrogens (tertiary/aromatic N) is 5. The van der Waals surface area contributed by atoms with Gasteiger partial charge in [-0.25, -0.2) is 9.97 Å². The van der Waals surface area contributed by atoms with Crippen molar-refractivity contribution in [2.75, 3.05) is 58.2 Å². The van der Waals surface area contributed by atoms with Gasteiger partial charge in [0.05, 0.1) is 18.1 Å². The van der Waals surface area contributed by atoms with E-state index in [9.17, 15) is 13.2 Å². The fourth-order valence-electron chi connectivity index (χ4n) is 5.86. The van der Waals surface area contributed by atoms with Crippen LogP contribution >= 0.6 is 0 Å². The van der Waals surface area contributed by atoms with Crippen molar-refractivity contribution in [3.8, 4) is 5.75 Å². The second kappa shape index (κ2) is 14.8. The number of ether oxygens (including phenoxy) is 1. The number of nitrogens with one attached hydrogen (secondary N) is 1. The van der Waals surface area contributed by atoms with Crippen molar-refractivity contribution in [2.24, 2.45) is 0 Å². The zero-order chi connectivity index (χ0) is 30.9. The highest BCUT2D eigenvalue weighted by Gasteiger charge is 2.31. The van der Waals surface area contributed by atoms with Crippen molar-refractivity contribution in [3.05, 3.63) is 95.8 Å². The van der Waals surface area contributed by atoms with E-state index in [-0.39, 0.29) is 11.8 Å². The molecular formula is C34H41F3N6O. The average Bonchev–Trinajstić information content (AvgIpc) is 3.01. The molecule has 1 N–H and O–H groups in total. The molecule has 7 nitrogen and oxygen atoms in total. The molecule has 1 fully saturated rings. The summed E-state index contributed by atoms with van der Waals surface area (Å²) >= 11 is 0. The lowest BCUT2D eigenvalue weighted by Crippen LogP contribution is -2.47. The molecule has 1 aliphatic heterocycles. The normalized spacial score (nSPS) is 15.5. The van der Waals surface area contributed by atoms with Gasteiger partial charge in [0, 0.05) is 38.1 Å². The van der Waals surface area contributed by atoms with Crippen molar-refractivity contribution in [2.45, 2.75) is 38.7 Å². The predicted molar refractivity (Wildman–Crippen MR) is 169 cm³/mol. The Hall–Kier alpha value is -3.73. The highest BCUT2D eigenvalue weighted by atomic mass is 19.4. The molecule has 2 heterocycles. The maximum absolute atomic E-state index is 12.7. The van der Waals surface area contributed by atoms with Gasteiger partial charge in [-0.3, -0.25) is 9.80 Å². The van der Waals surface area contributed by atoms with Gasteiger partial charge in [-0.15, -0.1) is 13.2 Å². The van der Waals surface area contributed by atoms with E-state index in [1.165, 1.54) is 12.1 Å². The SMILES string of the molecule is CCCN(C)CCCNc1nc(CN2CCN(C(c3ccccc3)c3ccc(OC(F)(F)F)cc3)CC2)nc2ccccc12. The molecule has 5 rings (SSSR count). The van der Waals surface area contributed by atoms with Crippen molar-refractivity contribution in [1.82, 2.24) is 24.7 Å². The molecule has 0 bridgehead atoms. The van der Waals surface area contributed by atoms with Gasteiger partial charge in [-0.1, -0.05) is 61.5 Å². The topological polar surface area (TPSA) is 56.8 Å². The van der Waals surface area contributed by atoms with Crippen LogP contribution in [0.3, 0.4) is 0 Å². The smallest absolute Gasteiger partial charge is 0.406 e. The van der Waals surface area contributed by atoms with Crippen LogP contribution in [0.25, 0.3) is 10.9 Å². The first kappa shape index (κ1) is 31.7. The molecule has 0 aliphatic carbocycles. The molecule has 0 spiro atoms. The summed E-state index contributed by atoms with van der Waals surface area (Å²) in [6.45, 7) is 9.06. The molecule has 0 saturated carbocycles. The summed E-state index contributed by atoms with van der Waals surface area (Å²) in [4.78, 5) is 16.9. The standard InChI is InChI=1S/C34H41F3N6O/c1-3-19-41(2)20-9-18-38-33-29-12-7-8-13-30(29)39-31(40-33)25-42-21-23-43(24-22-42)32(26-10-5-4-6-11-26)27-14-16-28(17-15-27)44-34(35,36)37/h4-8,10-17,32H,3,9,18-25H2,1-2H3,(H,38,39,40). The molecule has 4 aromatic rings. The van der Waals surface area contributed by atoms with E-state index in [1.54, 1.807) is 12.1 Å². The van der Waals surface area contributed by atoms with Gasteiger partial charge < -0.3 is 15.0 Å². The van der Waals surface area contributed by atoms with Crippen molar-refractivity contribution in [1.29, 1.82) is 0 Å². The number of halogens is 3. The first-order chi connectivity index (χ1) is 21.3. The Labute approximate surface area is 257 Å². The zero-order valence-electron chi connectivity index (χ0n) is 25.4.